The number of hydrogen-bond acceptors (Lipinski definition) is 5. The van der Waals surface area contributed by atoms with E-state index in [1.54, 1.807) is 36.1 Å². The normalized spacial score (nSPS) is 18.9. The summed E-state index contributed by atoms with van der Waals surface area (Å²) >= 11 is 0. The summed E-state index contributed by atoms with van der Waals surface area (Å²) in [4.78, 5) is 43.8. The lowest BCUT2D eigenvalue weighted by Gasteiger charge is -2.39. The standard InChI is InChI=1S/C27H29F3N4O4/c1-3-38-25(36)22-21(17-33-13-15-34(16-14-33)24(35)18-9-5-4-6-10-18)32(2)26(37)31-23(22)19-11-7-8-12-20(19)27(28,29)30/h4-12,23H,3,13-17H2,1-2H3,(H,31,37). The molecular formula is C27H29F3N4O4. The number of carbonyl (C=O) groups is 3. The van der Waals surface area contributed by atoms with Crippen molar-refractivity contribution in [3.05, 3.63) is 82.6 Å². The number of benzene rings is 2. The number of amides is 3. The molecule has 8 nitrogen and oxygen atoms in total. The minimum atomic E-state index is -4.69. The molecule has 1 atom stereocenters. The number of halogens is 3. The van der Waals surface area contributed by atoms with E-state index in [-0.39, 0.29) is 35.9 Å². The van der Waals surface area contributed by atoms with E-state index in [4.69, 9.17) is 4.74 Å². The first kappa shape index (κ1) is 27.2. The van der Waals surface area contributed by atoms with Gasteiger partial charge in [-0.05, 0) is 30.7 Å². The average Bonchev–Trinajstić information content (AvgIpc) is 2.91. The molecule has 0 aliphatic carbocycles. The summed E-state index contributed by atoms with van der Waals surface area (Å²) in [7, 11) is 1.46. The lowest BCUT2D eigenvalue weighted by molar-refractivity contribution is -0.141. The monoisotopic (exact) mass is 530 g/mol. The van der Waals surface area contributed by atoms with Crippen molar-refractivity contribution < 1.29 is 32.3 Å². The number of alkyl halides is 3. The minimum Gasteiger partial charge on any atom is -0.463 e. The van der Waals surface area contributed by atoms with Gasteiger partial charge in [0.2, 0.25) is 0 Å². The molecule has 2 aliphatic rings. The fourth-order valence-corrected chi connectivity index (χ4v) is 4.72. The van der Waals surface area contributed by atoms with Crippen LogP contribution < -0.4 is 5.32 Å². The molecule has 0 spiro atoms. The zero-order valence-corrected chi connectivity index (χ0v) is 21.1. The van der Waals surface area contributed by atoms with E-state index in [0.29, 0.717) is 31.7 Å². The third-order valence-corrected chi connectivity index (χ3v) is 6.70. The molecule has 2 aromatic carbocycles. The van der Waals surface area contributed by atoms with Crippen LogP contribution in [0.1, 0.15) is 34.5 Å². The van der Waals surface area contributed by atoms with Gasteiger partial charge in [0.1, 0.15) is 0 Å². The molecule has 38 heavy (non-hydrogen) atoms. The number of urea groups is 1. The molecule has 1 N–H and O–H groups in total. The molecule has 0 saturated carbocycles. The van der Waals surface area contributed by atoms with Crippen LogP contribution in [0.3, 0.4) is 0 Å². The fourth-order valence-electron chi connectivity index (χ4n) is 4.72. The molecular weight excluding hydrogens is 501 g/mol. The Hall–Kier alpha value is -3.86. The molecule has 1 saturated heterocycles. The Morgan fingerprint density at radius 3 is 2.26 bits per heavy atom. The molecule has 2 heterocycles. The van der Waals surface area contributed by atoms with E-state index >= 15 is 0 Å². The maximum Gasteiger partial charge on any atom is 0.416 e. The van der Waals surface area contributed by atoms with E-state index in [2.05, 4.69) is 5.32 Å². The Morgan fingerprint density at radius 1 is 1.00 bits per heavy atom. The van der Waals surface area contributed by atoms with Crippen molar-refractivity contribution in [1.29, 1.82) is 0 Å². The maximum atomic E-state index is 13.9. The van der Waals surface area contributed by atoms with Crippen LogP contribution >= 0.6 is 0 Å². The third kappa shape index (κ3) is 5.67. The second-order valence-corrected chi connectivity index (χ2v) is 9.04. The summed E-state index contributed by atoms with van der Waals surface area (Å²) in [6, 6.07) is 11.8. The topological polar surface area (TPSA) is 82.2 Å². The quantitative estimate of drug-likeness (QED) is 0.577. The van der Waals surface area contributed by atoms with Crippen LogP contribution in [0.4, 0.5) is 18.0 Å². The summed E-state index contributed by atoms with van der Waals surface area (Å²) in [5, 5.41) is 2.55. The van der Waals surface area contributed by atoms with Gasteiger partial charge in [0, 0.05) is 51.0 Å². The maximum absolute atomic E-state index is 13.9. The highest BCUT2D eigenvalue weighted by atomic mass is 19.4. The van der Waals surface area contributed by atoms with E-state index < -0.39 is 29.8 Å². The Labute approximate surface area is 218 Å². The Balaban J connectivity index is 1.64. The van der Waals surface area contributed by atoms with Gasteiger partial charge in [0.05, 0.1) is 23.8 Å². The summed E-state index contributed by atoms with van der Waals surface area (Å²) in [6.07, 6.45) is -4.69. The number of carbonyl (C=O) groups excluding carboxylic acids is 3. The number of nitrogens with zero attached hydrogens (tertiary/aromatic N) is 3. The summed E-state index contributed by atoms with van der Waals surface area (Å²) < 4.78 is 46.8. The van der Waals surface area contributed by atoms with Crippen molar-refractivity contribution in [2.45, 2.75) is 19.1 Å². The van der Waals surface area contributed by atoms with E-state index in [9.17, 15) is 27.6 Å². The molecule has 11 heteroatoms. The number of hydrogen-bond donors (Lipinski definition) is 1. The first-order valence-electron chi connectivity index (χ1n) is 12.3. The highest BCUT2D eigenvalue weighted by Gasteiger charge is 2.42. The summed E-state index contributed by atoms with van der Waals surface area (Å²) in [5.41, 5.74) is -0.377. The smallest absolute Gasteiger partial charge is 0.416 e. The van der Waals surface area contributed by atoms with Crippen LogP contribution in [0.15, 0.2) is 65.9 Å². The lowest BCUT2D eigenvalue weighted by atomic mass is 9.90. The highest BCUT2D eigenvalue weighted by molar-refractivity contribution is 5.95. The molecule has 1 unspecified atom stereocenters. The zero-order chi connectivity index (χ0) is 27.4. The zero-order valence-electron chi connectivity index (χ0n) is 21.1. The van der Waals surface area contributed by atoms with Crippen LogP contribution in [-0.4, -0.2) is 79.0 Å². The first-order valence-corrected chi connectivity index (χ1v) is 12.3. The third-order valence-electron chi connectivity index (χ3n) is 6.70. The van der Waals surface area contributed by atoms with Gasteiger partial charge >= 0.3 is 18.2 Å². The number of esters is 1. The van der Waals surface area contributed by atoms with Crippen LogP contribution in [0.25, 0.3) is 0 Å². The fraction of sp³-hybridized carbons (Fsp3) is 0.370. The number of nitrogens with one attached hydrogen (secondary N) is 1. The van der Waals surface area contributed by atoms with Crippen LogP contribution in [0.2, 0.25) is 0 Å². The Morgan fingerprint density at radius 2 is 1.63 bits per heavy atom. The number of piperazine rings is 1. The van der Waals surface area contributed by atoms with Crippen molar-refractivity contribution in [2.75, 3.05) is 46.4 Å². The van der Waals surface area contributed by atoms with Crippen LogP contribution in [0, 0.1) is 0 Å². The molecule has 3 amide bonds. The van der Waals surface area contributed by atoms with Crippen molar-refractivity contribution in [1.82, 2.24) is 20.0 Å². The van der Waals surface area contributed by atoms with Crippen molar-refractivity contribution >= 4 is 17.9 Å². The van der Waals surface area contributed by atoms with E-state index in [1.807, 2.05) is 11.0 Å². The number of ether oxygens (including phenoxy) is 1. The average molecular weight is 531 g/mol. The van der Waals surface area contributed by atoms with E-state index in [1.165, 1.54) is 30.1 Å². The number of rotatable bonds is 6. The molecule has 4 rings (SSSR count). The minimum absolute atomic E-state index is 0.0151. The Bertz CT molecular complexity index is 1220. The van der Waals surface area contributed by atoms with Gasteiger partial charge < -0.3 is 15.0 Å². The van der Waals surface area contributed by atoms with Crippen molar-refractivity contribution in [3.63, 3.8) is 0 Å². The molecule has 202 valence electrons. The molecule has 0 bridgehead atoms. The number of likely N-dealkylation sites (N-methyl/N-ethyl adjacent to an activating group) is 1. The second-order valence-electron chi connectivity index (χ2n) is 9.04. The summed E-state index contributed by atoms with van der Waals surface area (Å²) in [5.74, 6) is -0.885. The predicted octanol–water partition coefficient (Wildman–Crippen LogP) is 3.68. The van der Waals surface area contributed by atoms with Gasteiger partial charge in [0.25, 0.3) is 5.91 Å². The van der Waals surface area contributed by atoms with E-state index in [0.717, 1.165) is 6.07 Å². The van der Waals surface area contributed by atoms with Gasteiger partial charge in [-0.3, -0.25) is 14.6 Å². The van der Waals surface area contributed by atoms with Crippen LogP contribution in [-0.2, 0) is 15.7 Å². The molecule has 2 aliphatic heterocycles. The molecule has 0 aromatic heterocycles. The first-order chi connectivity index (χ1) is 18.1. The van der Waals surface area contributed by atoms with Gasteiger partial charge in [-0.2, -0.15) is 13.2 Å². The van der Waals surface area contributed by atoms with Crippen molar-refractivity contribution in [2.24, 2.45) is 0 Å². The molecule has 1 fully saturated rings. The van der Waals surface area contributed by atoms with Crippen LogP contribution in [0.5, 0.6) is 0 Å². The molecule has 0 radical (unpaired) electrons. The Kier molecular flexibility index (Phi) is 8.05. The second kappa shape index (κ2) is 11.3. The van der Waals surface area contributed by atoms with Gasteiger partial charge in [0.15, 0.2) is 0 Å². The summed E-state index contributed by atoms with van der Waals surface area (Å²) in [6.45, 7) is 3.50. The largest absolute Gasteiger partial charge is 0.463 e. The van der Waals surface area contributed by atoms with Gasteiger partial charge in [-0.25, -0.2) is 9.59 Å². The SMILES string of the molecule is CCOC(=O)C1=C(CN2CCN(C(=O)c3ccccc3)CC2)N(C)C(=O)NC1c1ccccc1C(F)(F)F. The van der Waals surface area contributed by atoms with Gasteiger partial charge in [-0.1, -0.05) is 36.4 Å². The lowest BCUT2D eigenvalue weighted by Crippen LogP contribution is -2.53. The van der Waals surface area contributed by atoms with Gasteiger partial charge in [-0.15, -0.1) is 0 Å². The highest BCUT2D eigenvalue weighted by Crippen LogP contribution is 2.39. The predicted molar refractivity (Wildman–Crippen MR) is 133 cm³/mol. The molecule has 2 aromatic rings. The van der Waals surface area contributed by atoms with Crippen molar-refractivity contribution in [3.8, 4) is 0 Å².